The van der Waals surface area contributed by atoms with Gasteiger partial charge in [-0.15, -0.1) is 0 Å². The first-order valence-corrected chi connectivity index (χ1v) is 5.06. The van der Waals surface area contributed by atoms with Crippen molar-refractivity contribution in [2.24, 2.45) is 5.73 Å². The molecule has 2 N–H and O–H groups in total. The van der Waals surface area contributed by atoms with E-state index in [2.05, 4.69) is 15.1 Å². The van der Waals surface area contributed by atoms with Gasteiger partial charge in [-0.05, 0) is 25.5 Å². The van der Waals surface area contributed by atoms with E-state index in [0.29, 0.717) is 18.1 Å². The number of nitrogens with two attached hydrogens (primary N) is 1. The Bertz CT molecular complexity index is 458. The molecule has 0 aliphatic heterocycles. The van der Waals surface area contributed by atoms with Crippen LogP contribution in [0, 0.1) is 0 Å². The molecule has 0 fully saturated rings. The summed E-state index contributed by atoms with van der Waals surface area (Å²) >= 11 is 0. The molecule has 2 rings (SSSR count). The largest absolute Gasteiger partial charge is 0.337 e. The molecular weight excluding hydrogens is 204 g/mol. The fraction of sp³-hybridized carbons (Fsp3) is 0.364. The summed E-state index contributed by atoms with van der Waals surface area (Å²) in [6.45, 7) is 3.66. The Morgan fingerprint density at radius 1 is 1.44 bits per heavy atom. The Hall–Kier alpha value is -1.75. The molecule has 0 amide bonds. The van der Waals surface area contributed by atoms with E-state index in [1.807, 2.05) is 26.0 Å². The Labute approximate surface area is 93.7 Å². The summed E-state index contributed by atoms with van der Waals surface area (Å²) in [4.78, 5) is 8.27. The Morgan fingerprint density at radius 2 is 2.25 bits per heavy atom. The van der Waals surface area contributed by atoms with Gasteiger partial charge in [0.05, 0.1) is 5.54 Å². The number of pyridine rings is 1. The van der Waals surface area contributed by atoms with Crippen molar-refractivity contribution < 1.29 is 4.52 Å². The highest BCUT2D eigenvalue weighted by molar-refractivity contribution is 5.14. The van der Waals surface area contributed by atoms with E-state index in [9.17, 15) is 0 Å². The zero-order chi connectivity index (χ0) is 11.6. The first kappa shape index (κ1) is 10.8. The zero-order valence-electron chi connectivity index (χ0n) is 9.34. The second kappa shape index (κ2) is 4.02. The van der Waals surface area contributed by atoms with E-state index >= 15 is 0 Å². The van der Waals surface area contributed by atoms with Crippen LogP contribution >= 0.6 is 0 Å². The fourth-order valence-electron chi connectivity index (χ4n) is 1.27. The molecule has 0 saturated carbocycles. The number of hydrogen-bond acceptors (Lipinski definition) is 5. The van der Waals surface area contributed by atoms with Crippen molar-refractivity contribution >= 4 is 0 Å². The molecule has 5 nitrogen and oxygen atoms in total. The van der Waals surface area contributed by atoms with Gasteiger partial charge in [0.15, 0.2) is 5.82 Å². The molecule has 5 heteroatoms. The minimum absolute atomic E-state index is 0.450. The molecule has 0 spiro atoms. The molecule has 0 aliphatic rings. The molecular formula is C11H14N4O. The predicted molar refractivity (Wildman–Crippen MR) is 58.6 cm³/mol. The van der Waals surface area contributed by atoms with Crippen LogP contribution in [-0.2, 0) is 12.0 Å². The molecule has 2 aromatic rings. The highest BCUT2D eigenvalue weighted by Crippen LogP contribution is 2.15. The number of aromatic nitrogens is 3. The van der Waals surface area contributed by atoms with E-state index in [0.717, 1.165) is 5.56 Å². The second-order valence-electron chi connectivity index (χ2n) is 4.28. The lowest BCUT2D eigenvalue weighted by Gasteiger charge is -2.10. The van der Waals surface area contributed by atoms with Crippen LogP contribution in [0.1, 0.15) is 31.1 Å². The van der Waals surface area contributed by atoms with Gasteiger partial charge in [0.25, 0.3) is 0 Å². The Morgan fingerprint density at radius 3 is 2.81 bits per heavy atom. The lowest BCUT2D eigenvalue weighted by atomic mass is 10.1. The van der Waals surface area contributed by atoms with Gasteiger partial charge in [0.1, 0.15) is 0 Å². The summed E-state index contributed by atoms with van der Waals surface area (Å²) in [5.41, 5.74) is 6.30. The molecule has 0 aromatic carbocycles. The van der Waals surface area contributed by atoms with Crippen LogP contribution in [0.4, 0.5) is 0 Å². The van der Waals surface area contributed by atoms with Gasteiger partial charge in [-0.1, -0.05) is 11.2 Å². The van der Waals surface area contributed by atoms with E-state index in [1.54, 1.807) is 12.4 Å². The molecule has 0 radical (unpaired) electrons. The minimum Gasteiger partial charge on any atom is -0.337 e. The Balaban J connectivity index is 2.15. The molecule has 16 heavy (non-hydrogen) atoms. The summed E-state index contributed by atoms with van der Waals surface area (Å²) in [6.07, 6.45) is 4.12. The molecule has 0 atom stereocenters. The maximum absolute atomic E-state index is 5.85. The van der Waals surface area contributed by atoms with Crippen LogP contribution < -0.4 is 5.73 Å². The van der Waals surface area contributed by atoms with Gasteiger partial charge in [0, 0.05) is 18.8 Å². The first-order chi connectivity index (χ1) is 7.55. The van der Waals surface area contributed by atoms with Crippen molar-refractivity contribution in [3.63, 3.8) is 0 Å². The topological polar surface area (TPSA) is 77.8 Å². The minimum atomic E-state index is -0.597. The van der Waals surface area contributed by atoms with E-state index in [-0.39, 0.29) is 0 Å². The van der Waals surface area contributed by atoms with Crippen LogP contribution in [0.15, 0.2) is 29.0 Å². The van der Waals surface area contributed by atoms with Crippen molar-refractivity contribution in [2.75, 3.05) is 0 Å². The average Bonchev–Trinajstić information content (AvgIpc) is 2.67. The highest BCUT2D eigenvalue weighted by Gasteiger charge is 2.22. The third kappa shape index (κ3) is 2.43. The molecule has 0 unspecified atom stereocenters. The van der Waals surface area contributed by atoms with Crippen molar-refractivity contribution in [1.82, 2.24) is 15.1 Å². The zero-order valence-corrected chi connectivity index (χ0v) is 9.34. The van der Waals surface area contributed by atoms with Gasteiger partial charge in [-0.25, -0.2) is 0 Å². The molecule has 0 saturated heterocycles. The van der Waals surface area contributed by atoms with E-state index in [4.69, 9.17) is 10.3 Å². The highest BCUT2D eigenvalue weighted by atomic mass is 16.5. The van der Waals surface area contributed by atoms with E-state index in [1.165, 1.54) is 0 Å². The summed E-state index contributed by atoms with van der Waals surface area (Å²) in [6, 6.07) is 3.85. The number of rotatable bonds is 3. The predicted octanol–water partition coefficient (Wildman–Crippen LogP) is 1.25. The van der Waals surface area contributed by atoms with Crippen LogP contribution in [0.25, 0.3) is 0 Å². The molecule has 2 heterocycles. The van der Waals surface area contributed by atoms with Crippen LogP contribution in [-0.4, -0.2) is 15.1 Å². The fourth-order valence-corrected chi connectivity index (χ4v) is 1.27. The first-order valence-electron chi connectivity index (χ1n) is 5.06. The third-order valence-electron chi connectivity index (χ3n) is 2.10. The second-order valence-corrected chi connectivity index (χ2v) is 4.28. The average molecular weight is 218 g/mol. The van der Waals surface area contributed by atoms with Crippen molar-refractivity contribution in [2.45, 2.75) is 25.8 Å². The molecule has 84 valence electrons. The van der Waals surface area contributed by atoms with Crippen LogP contribution in [0.2, 0.25) is 0 Å². The van der Waals surface area contributed by atoms with Crippen molar-refractivity contribution in [3.8, 4) is 0 Å². The number of hydrogen-bond donors (Lipinski definition) is 1. The normalized spacial score (nSPS) is 11.7. The lowest BCUT2D eigenvalue weighted by Crippen LogP contribution is -2.29. The molecule has 0 bridgehead atoms. The van der Waals surface area contributed by atoms with Crippen molar-refractivity contribution in [1.29, 1.82) is 0 Å². The summed E-state index contributed by atoms with van der Waals surface area (Å²) in [5, 5.41) is 3.88. The quantitative estimate of drug-likeness (QED) is 0.838. The Kier molecular flexibility index (Phi) is 2.70. The van der Waals surface area contributed by atoms with Gasteiger partial charge in [0.2, 0.25) is 5.89 Å². The van der Waals surface area contributed by atoms with Crippen LogP contribution in [0.5, 0.6) is 0 Å². The maximum Gasteiger partial charge on any atom is 0.246 e. The summed E-state index contributed by atoms with van der Waals surface area (Å²) in [5.74, 6) is 1.08. The summed E-state index contributed by atoms with van der Waals surface area (Å²) < 4.78 is 5.09. The van der Waals surface area contributed by atoms with Crippen molar-refractivity contribution in [3.05, 3.63) is 41.8 Å². The maximum atomic E-state index is 5.85. The lowest BCUT2D eigenvalue weighted by molar-refractivity contribution is 0.310. The monoisotopic (exact) mass is 218 g/mol. The van der Waals surface area contributed by atoms with Gasteiger partial charge in [-0.3, -0.25) is 4.98 Å². The summed E-state index contributed by atoms with van der Waals surface area (Å²) in [7, 11) is 0. The van der Waals surface area contributed by atoms with E-state index < -0.39 is 5.54 Å². The van der Waals surface area contributed by atoms with Gasteiger partial charge < -0.3 is 10.3 Å². The smallest absolute Gasteiger partial charge is 0.246 e. The standard InChI is InChI=1S/C11H14N4O/c1-11(2,12)10-14-9(15-16-10)6-8-4-3-5-13-7-8/h3-5,7H,6,12H2,1-2H3. The van der Waals surface area contributed by atoms with Gasteiger partial charge in [-0.2, -0.15) is 4.98 Å². The SMILES string of the molecule is CC(C)(N)c1nc(Cc2cccnc2)no1. The molecule has 2 aromatic heterocycles. The number of nitrogens with zero attached hydrogens (tertiary/aromatic N) is 3. The molecule has 0 aliphatic carbocycles. The van der Waals surface area contributed by atoms with Crippen LogP contribution in [0.3, 0.4) is 0 Å². The third-order valence-corrected chi connectivity index (χ3v) is 2.10. The van der Waals surface area contributed by atoms with Gasteiger partial charge >= 0.3 is 0 Å².